The quantitative estimate of drug-likeness (QED) is 0.659. The number of nitrogen functional groups attached to an aromatic ring is 1. The Labute approximate surface area is 109 Å². The van der Waals surface area contributed by atoms with Crippen LogP contribution in [0.15, 0.2) is 18.2 Å². The average molecular weight is 334 g/mol. The number of hydrogen-bond acceptors (Lipinski definition) is 3. The maximum atomic E-state index is 5.71. The third-order valence-corrected chi connectivity index (χ3v) is 4.72. The molecule has 1 aliphatic heterocycles. The van der Waals surface area contributed by atoms with Gasteiger partial charge in [0.1, 0.15) is 0 Å². The second kappa shape index (κ2) is 5.30. The summed E-state index contributed by atoms with van der Waals surface area (Å²) in [5.41, 5.74) is 7.75. The Balaban J connectivity index is 1.92. The number of hydrogen-bond donors (Lipinski definition) is 2. The van der Waals surface area contributed by atoms with Crippen molar-refractivity contribution in [3.63, 3.8) is 0 Å². The minimum Gasteiger partial charge on any atom is -0.399 e. The van der Waals surface area contributed by atoms with E-state index in [9.17, 15) is 0 Å². The summed E-state index contributed by atoms with van der Waals surface area (Å²) >= 11 is 4.39. The maximum Gasteiger partial charge on any atom is 0.0477 e. The van der Waals surface area contributed by atoms with Gasteiger partial charge in [-0.05, 0) is 64.6 Å². The lowest BCUT2D eigenvalue weighted by Gasteiger charge is -2.12. The van der Waals surface area contributed by atoms with Gasteiger partial charge in [-0.1, -0.05) is 0 Å². The van der Waals surface area contributed by atoms with E-state index in [0.717, 1.165) is 18.2 Å². The van der Waals surface area contributed by atoms with Crippen molar-refractivity contribution in [1.29, 1.82) is 0 Å². The van der Waals surface area contributed by atoms with Crippen LogP contribution in [0.2, 0.25) is 0 Å². The highest BCUT2D eigenvalue weighted by atomic mass is 127. The molecule has 1 unspecified atom stereocenters. The molecule has 0 spiro atoms. The van der Waals surface area contributed by atoms with Gasteiger partial charge >= 0.3 is 0 Å². The summed E-state index contributed by atoms with van der Waals surface area (Å²) in [6.45, 7) is 1.09. The molecule has 0 bridgehead atoms. The van der Waals surface area contributed by atoms with Crippen molar-refractivity contribution < 1.29 is 0 Å². The first-order valence-electron chi connectivity index (χ1n) is 5.12. The van der Waals surface area contributed by atoms with Gasteiger partial charge in [-0.2, -0.15) is 11.8 Å². The van der Waals surface area contributed by atoms with Crippen molar-refractivity contribution in [3.05, 3.63) is 21.8 Å². The molecule has 1 aromatic rings. The van der Waals surface area contributed by atoms with Gasteiger partial charge in [0.25, 0.3) is 0 Å². The van der Waals surface area contributed by atoms with Gasteiger partial charge in [0.15, 0.2) is 0 Å². The molecule has 4 heteroatoms. The van der Waals surface area contributed by atoms with E-state index in [0.29, 0.717) is 0 Å². The Kier molecular flexibility index (Phi) is 4.02. The van der Waals surface area contributed by atoms with Crippen LogP contribution < -0.4 is 11.1 Å². The predicted molar refractivity (Wildman–Crippen MR) is 77.5 cm³/mol. The highest BCUT2D eigenvalue weighted by Crippen LogP contribution is 2.25. The van der Waals surface area contributed by atoms with Crippen molar-refractivity contribution in [2.24, 2.45) is 5.92 Å². The lowest BCUT2D eigenvalue weighted by Crippen LogP contribution is -2.14. The summed E-state index contributed by atoms with van der Waals surface area (Å²) in [5.74, 6) is 3.47. The molecule has 15 heavy (non-hydrogen) atoms. The number of halogens is 1. The van der Waals surface area contributed by atoms with Gasteiger partial charge in [0.2, 0.25) is 0 Å². The number of anilines is 2. The van der Waals surface area contributed by atoms with Crippen LogP contribution in [0.4, 0.5) is 11.4 Å². The summed E-state index contributed by atoms with van der Waals surface area (Å²) in [7, 11) is 0. The van der Waals surface area contributed by atoms with Crippen LogP contribution in [-0.2, 0) is 0 Å². The summed E-state index contributed by atoms with van der Waals surface area (Å²) < 4.78 is 1.21. The van der Waals surface area contributed by atoms with Gasteiger partial charge in [-0.3, -0.25) is 0 Å². The molecule has 0 aromatic heterocycles. The van der Waals surface area contributed by atoms with Gasteiger partial charge in [-0.25, -0.2) is 0 Å². The Morgan fingerprint density at radius 2 is 2.40 bits per heavy atom. The standard InChI is InChI=1S/C11H15IN2S/c12-10-5-9(13)1-2-11(10)14-6-8-3-4-15-7-8/h1-2,5,8,14H,3-4,6-7,13H2. The van der Waals surface area contributed by atoms with E-state index in [2.05, 4.69) is 45.7 Å². The van der Waals surface area contributed by atoms with Crippen molar-refractivity contribution in [1.82, 2.24) is 0 Å². The molecule has 0 saturated carbocycles. The van der Waals surface area contributed by atoms with E-state index < -0.39 is 0 Å². The third-order valence-electron chi connectivity index (χ3n) is 2.60. The fourth-order valence-electron chi connectivity index (χ4n) is 1.67. The molecule has 2 rings (SSSR count). The molecule has 0 aliphatic carbocycles. The van der Waals surface area contributed by atoms with Gasteiger partial charge in [0.05, 0.1) is 0 Å². The zero-order valence-electron chi connectivity index (χ0n) is 8.50. The monoisotopic (exact) mass is 334 g/mol. The van der Waals surface area contributed by atoms with E-state index >= 15 is 0 Å². The number of nitrogens with two attached hydrogens (primary N) is 1. The zero-order valence-corrected chi connectivity index (χ0v) is 11.5. The van der Waals surface area contributed by atoms with Gasteiger partial charge in [-0.15, -0.1) is 0 Å². The summed E-state index contributed by atoms with van der Waals surface area (Å²) in [6.07, 6.45) is 1.35. The summed E-state index contributed by atoms with van der Waals surface area (Å²) in [6, 6.07) is 6.03. The van der Waals surface area contributed by atoms with Gasteiger partial charge in [0, 0.05) is 21.5 Å². The van der Waals surface area contributed by atoms with Crippen molar-refractivity contribution in [2.75, 3.05) is 29.1 Å². The van der Waals surface area contributed by atoms with Crippen LogP contribution in [0.3, 0.4) is 0 Å². The Bertz CT molecular complexity index is 337. The van der Waals surface area contributed by atoms with Crippen LogP contribution in [-0.4, -0.2) is 18.1 Å². The predicted octanol–water partition coefficient (Wildman–Crippen LogP) is 3.04. The zero-order chi connectivity index (χ0) is 10.7. The van der Waals surface area contributed by atoms with Crippen LogP contribution >= 0.6 is 34.4 Å². The number of thioether (sulfide) groups is 1. The Morgan fingerprint density at radius 1 is 1.53 bits per heavy atom. The molecular formula is C11H15IN2S. The third kappa shape index (κ3) is 3.17. The molecule has 0 amide bonds. The number of benzene rings is 1. The average Bonchev–Trinajstić information content (AvgIpc) is 2.69. The first-order valence-corrected chi connectivity index (χ1v) is 7.35. The minimum absolute atomic E-state index is 0.835. The van der Waals surface area contributed by atoms with E-state index in [4.69, 9.17) is 5.73 Å². The lowest BCUT2D eigenvalue weighted by atomic mass is 10.1. The lowest BCUT2D eigenvalue weighted by molar-refractivity contribution is 0.631. The molecule has 1 heterocycles. The first kappa shape index (κ1) is 11.4. The largest absolute Gasteiger partial charge is 0.399 e. The minimum atomic E-state index is 0.835. The fourth-order valence-corrected chi connectivity index (χ4v) is 3.69. The highest BCUT2D eigenvalue weighted by Gasteiger charge is 2.15. The molecule has 0 radical (unpaired) electrons. The first-order chi connectivity index (χ1) is 7.25. The summed E-state index contributed by atoms with van der Waals surface area (Å²) in [5, 5.41) is 3.51. The molecule has 1 aromatic carbocycles. The molecule has 1 saturated heterocycles. The SMILES string of the molecule is Nc1ccc(NCC2CCSC2)c(I)c1. The molecule has 82 valence electrons. The van der Waals surface area contributed by atoms with E-state index in [1.54, 1.807) is 0 Å². The smallest absolute Gasteiger partial charge is 0.0477 e. The number of nitrogens with one attached hydrogen (secondary N) is 1. The molecule has 1 fully saturated rings. The molecule has 1 atom stereocenters. The normalized spacial score (nSPS) is 20.5. The van der Waals surface area contributed by atoms with E-state index in [1.807, 2.05) is 12.1 Å². The van der Waals surface area contributed by atoms with Crippen molar-refractivity contribution in [3.8, 4) is 0 Å². The Hall–Kier alpha value is -0.100. The van der Waals surface area contributed by atoms with E-state index in [-0.39, 0.29) is 0 Å². The molecule has 3 N–H and O–H groups in total. The molecule has 1 aliphatic rings. The Morgan fingerprint density at radius 3 is 3.07 bits per heavy atom. The molecular weight excluding hydrogens is 319 g/mol. The van der Waals surface area contributed by atoms with Crippen molar-refractivity contribution >= 4 is 45.7 Å². The van der Waals surface area contributed by atoms with Crippen LogP contribution in [0.5, 0.6) is 0 Å². The fraction of sp³-hybridized carbons (Fsp3) is 0.455. The topological polar surface area (TPSA) is 38.0 Å². The molecule has 2 nitrogen and oxygen atoms in total. The van der Waals surface area contributed by atoms with Crippen molar-refractivity contribution in [2.45, 2.75) is 6.42 Å². The second-order valence-electron chi connectivity index (χ2n) is 3.85. The van der Waals surface area contributed by atoms with Crippen LogP contribution in [0.25, 0.3) is 0 Å². The highest BCUT2D eigenvalue weighted by molar-refractivity contribution is 14.1. The van der Waals surface area contributed by atoms with Gasteiger partial charge < -0.3 is 11.1 Å². The number of rotatable bonds is 3. The second-order valence-corrected chi connectivity index (χ2v) is 6.16. The van der Waals surface area contributed by atoms with E-state index in [1.165, 1.54) is 27.2 Å². The van der Waals surface area contributed by atoms with Crippen LogP contribution in [0, 0.1) is 9.49 Å². The summed E-state index contributed by atoms with van der Waals surface area (Å²) in [4.78, 5) is 0. The van der Waals surface area contributed by atoms with Crippen LogP contribution in [0.1, 0.15) is 6.42 Å². The maximum absolute atomic E-state index is 5.71.